The van der Waals surface area contributed by atoms with Crippen molar-refractivity contribution in [3.63, 3.8) is 0 Å². The van der Waals surface area contributed by atoms with Gasteiger partial charge in [0.1, 0.15) is 19.0 Å². The Balaban J connectivity index is 1.42. The first-order valence-electron chi connectivity index (χ1n) is 10.8. The maximum atomic E-state index is 13.1. The lowest BCUT2D eigenvalue weighted by molar-refractivity contribution is -0.120. The molecule has 1 saturated heterocycles. The molecule has 1 fully saturated rings. The number of piperidine rings is 1. The van der Waals surface area contributed by atoms with Crippen molar-refractivity contribution >= 4 is 27.6 Å². The van der Waals surface area contributed by atoms with Crippen LogP contribution in [0, 0.1) is 5.92 Å². The third kappa shape index (κ3) is 4.80. The number of nitrogens with one attached hydrogen (secondary N) is 1. The van der Waals surface area contributed by atoms with Gasteiger partial charge < -0.3 is 24.3 Å². The van der Waals surface area contributed by atoms with Gasteiger partial charge in [0.15, 0.2) is 11.5 Å². The maximum Gasteiger partial charge on any atom is 0.340 e. The molecule has 1 amide bonds. The third-order valence-electron chi connectivity index (χ3n) is 5.87. The van der Waals surface area contributed by atoms with Crippen molar-refractivity contribution in [2.45, 2.75) is 17.7 Å². The standard InChI is InChI=1S/C23H26N2O8S/c1-30-16-3-5-19(18(13-16)23(27)31-2)24-22(26)15-7-9-25(10-8-15)34(28,29)17-4-6-20-21(14-17)33-12-11-32-20/h3-6,13-15H,7-12H2,1-2H3,(H,24,26). The van der Waals surface area contributed by atoms with Gasteiger partial charge in [-0.1, -0.05) is 0 Å². The van der Waals surface area contributed by atoms with Gasteiger partial charge in [-0.05, 0) is 43.2 Å². The molecule has 10 nitrogen and oxygen atoms in total. The van der Waals surface area contributed by atoms with Crippen molar-refractivity contribution < 1.29 is 37.0 Å². The first-order chi connectivity index (χ1) is 16.3. The zero-order chi connectivity index (χ0) is 24.3. The van der Waals surface area contributed by atoms with E-state index < -0.39 is 21.9 Å². The number of anilines is 1. The molecule has 0 bridgehead atoms. The molecule has 0 aliphatic carbocycles. The lowest BCUT2D eigenvalue weighted by atomic mass is 9.97. The molecule has 4 rings (SSSR count). The fourth-order valence-corrected chi connectivity index (χ4v) is 5.45. The molecule has 11 heteroatoms. The van der Waals surface area contributed by atoms with E-state index in [4.69, 9.17) is 18.9 Å². The second-order valence-corrected chi connectivity index (χ2v) is 9.81. The summed E-state index contributed by atoms with van der Waals surface area (Å²) in [5.41, 5.74) is 0.484. The number of benzene rings is 2. The Labute approximate surface area is 197 Å². The van der Waals surface area contributed by atoms with Crippen molar-refractivity contribution in [3.05, 3.63) is 42.0 Å². The van der Waals surface area contributed by atoms with Crippen LogP contribution in [-0.4, -0.2) is 65.1 Å². The fraction of sp³-hybridized carbons (Fsp3) is 0.391. The summed E-state index contributed by atoms with van der Waals surface area (Å²) >= 11 is 0. The zero-order valence-electron chi connectivity index (χ0n) is 18.9. The molecule has 2 aromatic carbocycles. The van der Waals surface area contributed by atoms with Gasteiger partial charge in [-0.2, -0.15) is 4.31 Å². The average Bonchev–Trinajstić information content (AvgIpc) is 2.88. The molecule has 0 spiro atoms. The summed E-state index contributed by atoms with van der Waals surface area (Å²) in [5, 5.41) is 2.77. The minimum atomic E-state index is -3.74. The van der Waals surface area contributed by atoms with E-state index in [1.807, 2.05) is 0 Å². The van der Waals surface area contributed by atoms with Gasteiger partial charge in [0.2, 0.25) is 15.9 Å². The van der Waals surface area contributed by atoms with Crippen LogP contribution in [0.1, 0.15) is 23.2 Å². The van der Waals surface area contributed by atoms with Gasteiger partial charge in [-0.25, -0.2) is 13.2 Å². The second-order valence-electron chi connectivity index (χ2n) is 7.88. The monoisotopic (exact) mass is 490 g/mol. The Hall–Kier alpha value is -3.31. The van der Waals surface area contributed by atoms with Crippen LogP contribution in [0.5, 0.6) is 17.2 Å². The van der Waals surface area contributed by atoms with Crippen molar-refractivity contribution in [1.29, 1.82) is 0 Å². The van der Waals surface area contributed by atoms with E-state index >= 15 is 0 Å². The Morgan fingerprint density at radius 2 is 1.71 bits per heavy atom. The molecule has 2 aromatic rings. The Bertz CT molecular complexity index is 1190. The number of esters is 1. The van der Waals surface area contributed by atoms with Crippen molar-refractivity contribution in [1.82, 2.24) is 4.31 Å². The van der Waals surface area contributed by atoms with E-state index in [9.17, 15) is 18.0 Å². The highest BCUT2D eigenvalue weighted by atomic mass is 32.2. The minimum absolute atomic E-state index is 0.126. The number of rotatable bonds is 6. The number of amides is 1. The van der Waals surface area contributed by atoms with Crippen LogP contribution in [0.2, 0.25) is 0 Å². The van der Waals surface area contributed by atoms with Crippen molar-refractivity contribution in [3.8, 4) is 17.2 Å². The van der Waals surface area contributed by atoms with Gasteiger partial charge >= 0.3 is 5.97 Å². The summed E-state index contributed by atoms with van der Waals surface area (Å²) < 4.78 is 48.5. The molecule has 1 N–H and O–H groups in total. The number of methoxy groups -OCH3 is 2. The largest absolute Gasteiger partial charge is 0.497 e. The molecule has 2 heterocycles. The lowest BCUT2D eigenvalue weighted by Gasteiger charge is -2.31. The SMILES string of the molecule is COC(=O)c1cc(OC)ccc1NC(=O)C1CCN(S(=O)(=O)c2ccc3c(c2)OCCO3)CC1. The molecular formula is C23H26N2O8S. The number of carbonyl (C=O) groups excluding carboxylic acids is 2. The molecule has 0 atom stereocenters. The van der Waals surface area contributed by atoms with Crippen LogP contribution in [-0.2, 0) is 19.6 Å². The number of ether oxygens (including phenoxy) is 4. The highest BCUT2D eigenvalue weighted by Crippen LogP contribution is 2.34. The zero-order valence-corrected chi connectivity index (χ0v) is 19.7. The van der Waals surface area contributed by atoms with Crippen LogP contribution in [0.3, 0.4) is 0 Å². The van der Waals surface area contributed by atoms with Crippen LogP contribution in [0.25, 0.3) is 0 Å². The summed E-state index contributed by atoms with van der Waals surface area (Å²) in [5.74, 6) is 0.0875. The molecule has 0 aromatic heterocycles. The van der Waals surface area contributed by atoms with Gasteiger partial charge in [0, 0.05) is 25.1 Å². The molecule has 34 heavy (non-hydrogen) atoms. The maximum absolute atomic E-state index is 13.1. The first kappa shape index (κ1) is 23.8. The Kier molecular flexibility index (Phi) is 6.94. The molecule has 0 radical (unpaired) electrons. The highest BCUT2D eigenvalue weighted by molar-refractivity contribution is 7.89. The summed E-state index contributed by atoms with van der Waals surface area (Å²) in [6.45, 7) is 1.18. The van der Waals surface area contributed by atoms with Gasteiger partial charge in [0.25, 0.3) is 0 Å². The second kappa shape index (κ2) is 9.90. The van der Waals surface area contributed by atoms with E-state index in [0.717, 1.165) is 0 Å². The first-order valence-corrected chi connectivity index (χ1v) is 12.2. The number of sulfonamides is 1. The predicted molar refractivity (Wildman–Crippen MR) is 122 cm³/mol. The summed E-state index contributed by atoms with van der Waals surface area (Å²) in [6, 6.07) is 9.26. The van der Waals surface area contributed by atoms with E-state index in [1.165, 1.54) is 36.7 Å². The fourth-order valence-electron chi connectivity index (χ4n) is 3.96. The number of hydrogen-bond donors (Lipinski definition) is 1. The summed E-state index contributed by atoms with van der Waals surface area (Å²) in [4.78, 5) is 25.1. The van der Waals surface area contributed by atoms with Gasteiger partial charge in [0.05, 0.1) is 30.4 Å². The highest BCUT2D eigenvalue weighted by Gasteiger charge is 2.33. The van der Waals surface area contributed by atoms with Crippen molar-refractivity contribution in [2.75, 3.05) is 45.8 Å². The predicted octanol–water partition coefficient (Wildman–Crippen LogP) is 2.29. The Morgan fingerprint density at radius 1 is 1.00 bits per heavy atom. The molecule has 0 saturated carbocycles. The van der Waals surface area contributed by atoms with Crippen LogP contribution >= 0.6 is 0 Å². The summed E-state index contributed by atoms with van der Waals surface area (Å²) in [7, 11) is -1.01. The topological polar surface area (TPSA) is 120 Å². The third-order valence-corrected chi connectivity index (χ3v) is 7.76. The van der Waals surface area contributed by atoms with E-state index in [-0.39, 0.29) is 29.5 Å². The van der Waals surface area contributed by atoms with Gasteiger partial charge in [-0.15, -0.1) is 0 Å². The number of fused-ring (bicyclic) bond motifs is 1. The number of carbonyl (C=O) groups is 2. The minimum Gasteiger partial charge on any atom is -0.497 e. The van der Waals surface area contributed by atoms with Crippen LogP contribution < -0.4 is 19.5 Å². The molecule has 182 valence electrons. The summed E-state index contributed by atoms with van der Waals surface area (Å²) in [6.07, 6.45) is 0.693. The molecule has 2 aliphatic heterocycles. The quantitative estimate of drug-likeness (QED) is 0.613. The lowest BCUT2D eigenvalue weighted by Crippen LogP contribution is -2.41. The van der Waals surface area contributed by atoms with E-state index in [1.54, 1.807) is 18.2 Å². The van der Waals surface area contributed by atoms with Crippen LogP contribution in [0.15, 0.2) is 41.3 Å². The molecule has 0 unspecified atom stereocenters. The number of nitrogens with zero attached hydrogens (tertiary/aromatic N) is 1. The Morgan fingerprint density at radius 3 is 2.38 bits per heavy atom. The molecule has 2 aliphatic rings. The van der Waals surface area contributed by atoms with Gasteiger partial charge in [-0.3, -0.25) is 4.79 Å². The van der Waals surface area contributed by atoms with Crippen LogP contribution in [0.4, 0.5) is 5.69 Å². The average molecular weight is 491 g/mol. The smallest absolute Gasteiger partial charge is 0.340 e. The molecular weight excluding hydrogens is 464 g/mol. The normalized spacial score (nSPS) is 16.5. The van der Waals surface area contributed by atoms with E-state index in [2.05, 4.69) is 5.32 Å². The number of hydrogen-bond acceptors (Lipinski definition) is 8. The van der Waals surface area contributed by atoms with E-state index in [0.29, 0.717) is 49.0 Å². The van der Waals surface area contributed by atoms with Crippen molar-refractivity contribution in [2.24, 2.45) is 5.92 Å².